The lowest BCUT2D eigenvalue weighted by Crippen LogP contribution is -2.33. The predicted octanol–water partition coefficient (Wildman–Crippen LogP) is 3.15. The summed E-state index contributed by atoms with van der Waals surface area (Å²) in [6, 6.07) is 2.01. The molecule has 3 rings (SSSR count). The lowest BCUT2D eigenvalue weighted by atomic mass is 9.87. The van der Waals surface area contributed by atoms with Gasteiger partial charge in [0.05, 0.1) is 6.10 Å². The van der Waals surface area contributed by atoms with Gasteiger partial charge in [-0.15, -0.1) is 11.3 Å². The number of thiophene rings is 1. The van der Waals surface area contributed by atoms with Gasteiger partial charge in [-0.3, -0.25) is 4.79 Å². The summed E-state index contributed by atoms with van der Waals surface area (Å²) in [6.45, 7) is 0.626. The molecule has 0 saturated heterocycles. The molecular weight excluding hydrogens is 304 g/mol. The Bertz CT molecular complexity index is 595. The van der Waals surface area contributed by atoms with Crippen LogP contribution in [0.25, 0.3) is 10.6 Å². The number of amides is 1. The van der Waals surface area contributed by atoms with Crippen molar-refractivity contribution in [3.05, 3.63) is 27.9 Å². The van der Waals surface area contributed by atoms with Crippen LogP contribution in [0, 0.1) is 5.92 Å². The summed E-state index contributed by atoms with van der Waals surface area (Å²) in [5.41, 5.74) is 1.55. The summed E-state index contributed by atoms with van der Waals surface area (Å²) >= 11 is 3.12. The van der Waals surface area contributed by atoms with Gasteiger partial charge in [-0.2, -0.15) is 11.3 Å². The van der Waals surface area contributed by atoms with E-state index in [9.17, 15) is 9.90 Å². The number of hydrogen-bond acceptors (Lipinski definition) is 5. The van der Waals surface area contributed by atoms with Gasteiger partial charge in [0.2, 0.25) is 0 Å². The third-order valence-electron chi connectivity index (χ3n) is 3.81. The first-order chi connectivity index (χ1) is 10.2. The minimum atomic E-state index is -0.204. The van der Waals surface area contributed by atoms with Gasteiger partial charge in [0.25, 0.3) is 5.91 Å². The van der Waals surface area contributed by atoms with E-state index in [1.165, 1.54) is 11.3 Å². The van der Waals surface area contributed by atoms with Gasteiger partial charge in [0.1, 0.15) is 10.7 Å². The second kappa shape index (κ2) is 6.68. The van der Waals surface area contributed by atoms with Crippen LogP contribution < -0.4 is 5.32 Å². The van der Waals surface area contributed by atoms with Crippen LogP contribution in [0.15, 0.2) is 22.2 Å². The Kier molecular flexibility index (Phi) is 4.67. The number of nitrogens with one attached hydrogen (secondary N) is 1. The third-order valence-corrected chi connectivity index (χ3v) is 5.39. The van der Waals surface area contributed by atoms with E-state index >= 15 is 0 Å². The van der Waals surface area contributed by atoms with E-state index in [2.05, 4.69) is 10.3 Å². The number of aromatic nitrogens is 1. The first-order valence-electron chi connectivity index (χ1n) is 7.16. The molecule has 1 amide bonds. The van der Waals surface area contributed by atoms with E-state index < -0.39 is 0 Å². The summed E-state index contributed by atoms with van der Waals surface area (Å²) in [7, 11) is 0. The van der Waals surface area contributed by atoms with Crippen molar-refractivity contribution in [2.45, 2.75) is 31.8 Å². The fraction of sp³-hybridized carbons (Fsp3) is 0.467. The van der Waals surface area contributed by atoms with Crippen LogP contribution in [-0.2, 0) is 0 Å². The maximum Gasteiger partial charge on any atom is 0.270 e. The molecule has 0 aliphatic heterocycles. The van der Waals surface area contributed by atoms with E-state index in [0.717, 1.165) is 36.3 Å². The number of carbonyl (C=O) groups is 1. The first-order valence-corrected chi connectivity index (χ1v) is 8.99. The Hall–Kier alpha value is -1.24. The molecule has 1 fully saturated rings. The largest absolute Gasteiger partial charge is 0.393 e. The normalized spacial score (nSPS) is 22.1. The molecule has 21 heavy (non-hydrogen) atoms. The molecule has 2 N–H and O–H groups in total. The van der Waals surface area contributed by atoms with Crippen molar-refractivity contribution >= 4 is 28.6 Å². The number of carbonyl (C=O) groups excluding carboxylic acids is 1. The third kappa shape index (κ3) is 3.70. The highest BCUT2D eigenvalue weighted by Gasteiger charge is 2.21. The van der Waals surface area contributed by atoms with Crippen molar-refractivity contribution in [3.8, 4) is 10.6 Å². The van der Waals surface area contributed by atoms with Crippen LogP contribution >= 0.6 is 22.7 Å². The Morgan fingerprint density at radius 3 is 3.10 bits per heavy atom. The fourth-order valence-electron chi connectivity index (χ4n) is 2.67. The van der Waals surface area contributed by atoms with Crippen molar-refractivity contribution in [1.82, 2.24) is 10.3 Å². The van der Waals surface area contributed by atoms with Gasteiger partial charge < -0.3 is 10.4 Å². The topological polar surface area (TPSA) is 62.2 Å². The number of thiazole rings is 1. The standard InChI is InChI=1S/C15H18N2O2S2/c18-12-3-1-2-10(6-12)7-16-14(19)13-9-21-15(17-13)11-4-5-20-8-11/h4-5,8-10,12,18H,1-3,6-7H2,(H,16,19). The maximum atomic E-state index is 12.1. The minimum absolute atomic E-state index is 0.118. The summed E-state index contributed by atoms with van der Waals surface area (Å²) in [5.74, 6) is 0.264. The van der Waals surface area contributed by atoms with Crippen molar-refractivity contribution in [3.63, 3.8) is 0 Å². The van der Waals surface area contributed by atoms with Crippen molar-refractivity contribution < 1.29 is 9.90 Å². The number of rotatable bonds is 4. The van der Waals surface area contributed by atoms with E-state index in [-0.39, 0.29) is 12.0 Å². The molecular formula is C15H18N2O2S2. The van der Waals surface area contributed by atoms with Crippen molar-refractivity contribution in [2.75, 3.05) is 6.54 Å². The SMILES string of the molecule is O=C(NCC1CCCC(O)C1)c1csc(-c2ccsc2)n1. The van der Waals surface area contributed by atoms with E-state index in [4.69, 9.17) is 0 Å². The fourth-order valence-corrected chi connectivity index (χ4v) is 4.18. The lowest BCUT2D eigenvalue weighted by molar-refractivity contribution is 0.0871. The highest BCUT2D eigenvalue weighted by molar-refractivity contribution is 7.14. The zero-order valence-corrected chi connectivity index (χ0v) is 13.3. The van der Waals surface area contributed by atoms with E-state index in [0.29, 0.717) is 18.2 Å². The van der Waals surface area contributed by atoms with Crippen LogP contribution in [0.2, 0.25) is 0 Å². The molecule has 112 valence electrons. The second-order valence-electron chi connectivity index (χ2n) is 5.45. The zero-order valence-electron chi connectivity index (χ0n) is 11.6. The number of nitrogens with zero attached hydrogens (tertiary/aromatic N) is 1. The summed E-state index contributed by atoms with van der Waals surface area (Å²) in [6.07, 6.45) is 3.60. The summed E-state index contributed by atoms with van der Waals surface area (Å²) in [4.78, 5) is 16.5. The predicted molar refractivity (Wildman–Crippen MR) is 85.7 cm³/mol. The van der Waals surface area contributed by atoms with Gasteiger partial charge in [-0.05, 0) is 36.6 Å². The Morgan fingerprint density at radius 2 is 2.33 bits per heavy atom. The first kappa shape index (κ1) is 14.7. The maximum absolute atomic E-state index is 12.1. The van der Waals surface area contributed by atoms with E-state index in [1.807, 2.05) is 16.8 Å². The number of hydrogen-bond donors (Lipinski definition) is 2. The Morgan fingerprint density at radius 1 is 1.43 bits per heavy atom. The zero-order chi connectivity index (χ0) is 14.7. The second-order valence-corrected chi connectivity index (χ2v) is 7.08. The molecule has 2 heterocycles. The van der Waals surface area contributed by atoms with Crippen LogP contribution in [-0.4, -0.2) is 28.6 Å². The molecule has 0 bridgehead atoms. The molecule has 1 aliphatic carbocycles. The number of aliphatic hydroxyl groups is 1. The molecule has 0 spiro atoms. The molecule has 0 aromatic carbocycles. The molecule has 2 aromatic heterocycles. The molecule has 6 heteroatoms. The lowest BCUT2D eigenvalue weighted by Gasteiger charge is -2.25. The average Bonchev–Trinajstić information content (AvgIpc) is 3.15. The van der Waals surface area contributed by atoms with Gasteiger partial charge in [0.15, 0.2) is 0 Å². The average molecular weight is 322 g/mol. The molecule has 1 aliphatic rings. The summed E-state index contributed by atoms with van der Waals surface area (Å²) in [5, 5.41) is 19.3. The number of aliphatic hydroxyl groups excluding tert-OH is 1. The quantitative estimate of drug-likeness (QED) is 0.909. The van der Waals surface area contributed by atoms with Crippen molar-refractivity contribution in [2.24, 2.45) is 5.92 Å². The van der Waals surface area contributed by atoms with Crippen molar-refractivity contribution in [1.29, 1.82) is 0 Å². The monoisotopic (exact) mass is 322 g/mol. The van der Waals surface area contributed by atoms with Gasteiger partial charge in [-0.25, -0.2) is 4.98 Å². The minimum Gasteiger partial charge on any atom is -0.393 e. The molecule has 0 radical (unpaired) electrons. The Balaban J connectivity index is 1.56. The van der Waals surface area contributed by atoms with E-state index in [1.54, 1.807) is 16.7 Å². The molecule has 1 saturated carbocycles. The smallest absolute Gasteiger partial charge is 0.270 e. The molecule has 4 nitrogen and oxygen atoms in total. The summed E-state index contributed by atoms with van der Waals surface area (Å²) < 4.78 is 0. The van der Waals surface area contributed by atoms with Gasteiger partial charge >= 0.3 is 0 Å². The van der Waals surface area contributed by atoms with Crippen LogP contribution in [0.4, 0.5) is 0 Å². The van der Waals surface area contributed by atoms with Crippen LogP contribution in [0.5, 0.6) is 0 Å². The molecule has 2 aromatic rings. The highest BCUT2D eigenvalue weighted by Crippen LogP contribution is 2.26. The Labute approximate surface area is 131 Å². The van der Waals surface area contributed by atoms with Gasteiger partial charge in [0, 0.05) is 22.9 Å². The van der Waals surface area contributed by atoms with Crippen LogP contribution in [0.3, 0.4) is 0 Å². The van der Waals surface area contributed by atoms with Crippen LogP contribution in [0.1, 0.15) is 36.2 Å². The van der Waals surface area contributed by atoms with Gasteiger partial charge in [-0.1, -0.05) is 6.42 Å². The molecule has 2 atom stereocenters. The highest BCUT2D eigenvalue weighted by atomic mass is 32.1. The molecule has 2 unspecified atom stereocenters.